The quantitative estimate of drug-likeness (QED) is 0.556. The molecule has 0 bridgehead atoms. The van der Waals surface area contributed by atoms with Crippen LogP contribution in [0.2, 0.25) is 0 Å². The first-order valence-electron chi connectivity index (χ1n) is 7.70. The highest BCUT2D eigenvalue weighted by Crippen LogP contribution is 2.35. The molecule has 3 nitrogen and oxygen atoms in total. The number of hydrogen-bond acceptors (Lipinski definition) is 1. The van der Waals surface area contributed by atoms with Gasteiger partial charge in [-0.2, -0.15) is 0 Å². The van der Waals surface area contributed by atoms with Gasteiger partial charge in [-0.1, -0.05) is 36.4 Å². The highest BCUT2D eigenvalue weighted by molar-refractivity contribution is 5.89. The van der Waals surface area contributed by atoms with E-state index in [1.54, 1.807) is 12.1 Å². The lowest BCUT2D eigenvalue weighted by molar-refractivity contribution is 0.628. The number of aromatic nitrogens is 2. The summed E-state index contributed by atoms with van der Waals surface area (Å²) >= 11 is 0. The monoisotopic (exact) mass is 318 g/mol. The molecule has 0 saturated carbocycles. The van der Waals surface area contributed by atoms with Crippen molar-refractivity contribution in [1.82, 2.24) is 9.97 Å². The number of benzene rings is 3. The molecule has 4 heteroatoms. The van der Waals surface area contributed by atoms with Crippen molar-refractivity contribution >= 4 is 11.0 Å². The van der Waals surface area contributed by atoms with Crippen molar-refractivity contribution in [1.29, 1.82) is 0 Å². The number of imidazole rings is 1. The third-order valence-corrected chi connectivity index (χ3v) is 4.23. The van der Waals surface area contributed by atoms with Crippen LogP contribution >= 0.6 is 0 Å². The minimum Gasteiger partial charge on any atom is -0.306 e. The van der Waals surface area contributed by atoms with E-state index >= 15 is 0 Å². The first kappa shape index (κ1) is 14.5. The maximum atomic E-state index is 13.2. The Bertz CT molecular complexity index is 1090. The molecule has 3 aromatic carbocycles. The summed E-state index contributed by atoms with van der Waals surface area (Å²) in [4.78, 5) is 17.0. The van der Waals surface area contributed by atoms with Crippen LogP contribution in [-0.4, -0.2) is 9.97 Å². The Hall–Kier alpha value is -3.14. The Balaban J connectivity index is 1.96. The minimum absolute atomic E-state index is 0.217. The molecule has 1 aromatic heterocycles. The van der Waals surface area contributed by atoms with Crippen molar-refractivity contribution in [3.63, 3.8) is 0 Å². The van der Waals surface area contributed by atoms with E-state index in [0.717, 1.165) is 38.9 Å². The second-order valence-corrected chi connectivity index (χ2v) is 5.84. The van der Waals surface area contributed by atoms with Crippen LogP contribution in [0.4, 0.5) is 4.39 Å². The van der Waals surface area contributed by atoms with Crippen molar-refractivity contribution in [2.75, 3.05) is 0 Å². The van der Waals surface area contributed by atoms with Crippen LogP contribution in [0, 0.1) is 12.7 Å². The molecule has 1 heterocycles. The van der Waals surface area contributed by atoms with Crippen LogP contribution in [0.5, 0.6) is 0 Å². The van der Waals surface area contributed by atoms with Gasteiger partial charge in [0.2, 0.25) is 0 Å². The molecule has 4 rings (SSSR count). The highest BCUT2D eigenvalue weighted by Gasteiger charge is 2.11. The van der Waals surface area contributed by atoms with E-state index < -0.39 is 0 Å². The van der Waals surface area contributed by atoms with E-state index in [9.17, 15) is 9.18 Å². The van der Waals surface area contributed by atoms with Crippen LogP contribution in [0.15, 0.2) is 65.5 Å². The van der Waals surface area contributed by atoms with Gasteiger partial charge in [0.05, 0.1) is 11.0 Å². The van der Waals surface area contributed by atoms with Crippen LogP contribution < -0.4 is 5.69 Å². The first-order chi connectivity index (χ1) is 11.6. The van der Waals surface area contributed by atoms with Crippen LogP contribution in [-0.2, 0) is 0 Å². The summed E-state index contributed by atoms with van der Waals surface area (Å²) in [7, 11) is 0. The lowest BCUT2D eigenvalue weighted by Gasteiger charge is -2.13. The molecule has 24 heavy (non-hydrogen) atoms. The van der Waals surface area contributed by atoms with Gasteiger partial charge in [-0.25, -0.2) is 9.18 Å². The fourth-order valence-electron chi connectivity index (χ4n) is 3.11. The second kappa shape index (κ2) is 5.49. The summed E-state index contributed by atoms with van der Waals surface area (Å²) in [5.74, 6) is -0.251. The highest BCUT2D eigenvalue weighted by atomic mass is 19.1. The maximum absolute atomic E-state index is 13.2. The average Bonchev–Trinajstić information content (AvgIpc) is 2.94. The Labute approximate surface area is 137 Å². The molecule has 0 radical (unpaired) electrons. The van der Waals surface area contributed by atoms with Gasteiger partial charge < -0.3 is 9.97 Å². The van der Waals surface area contributed by atoms with Gasteiger partial charge in [-0.3, -0.25) is 0 Å². The SMILES string of the molecule is Cc1cccc(-c2ccc(F)cc2)c1-c1ccc2[nH]c(=O)[nH]c2c1. The summed E-state index contributed by atoms with van der Waals surface area (Å²) in [6.45, 7) is 2.05. The molecule has 0 aliphatic rings. The standard InChI is InChI=1S/C20H15FN2O/c1-12-3-2-4-16(13-5-8-15(21)9-6-13)19(12)14-7-10-17-18(11-14)23-20(24)22-17/h2-11H,1H3,(H2,22,23,24). The number of halogens is 1. The van der Waals surface area contributed by atoms with Gasteiger partial charge in [0.1, 0.15) is 5.82 Å². The van der Waals surface area contributed by atoms with Crippen molar-refractivity contribution in [3.8, 4) is 22.3 Å². The zero-order chi connectivity index (χ0) is 16.7. The Morgan fingerprint density at radius 1 is 0.833 bits per heavy atom. The zero-order valence-corrected chi connectivity index (χ0v) is 13.1. The van der Waals surface area contributed by atoms with Crippen molar-refractivity contribution in [2.45, 2.75) is 6.92 Å². The van der Waals surface area contributed by atoms with E-state index in [1.165, 1.54) is 12.1 Å². The molecule has 0 spiro atoms. The third-order valence-electron chi connectivity index (χ3n) is 4.23. The van der Waals surface area contributed by atoms with Crippen molar-refractivity contribution in [3.05, 3.63) is 82.5 Å². The Morgan fingerprint density at radius 3 is 2.33 bits per heavy atom. The van der Waals surface area contributed by atoms with E-state index in [0.29, 0.717) is 0 Å². The number of nitrogens with one attached hydrogen (secondary N) is 2. The van der Waals surface area contributed by atoms with Gasteiger partial charge in [0, 0.05) is 0 Å². The molecule has 0 unspecified atom stereocenters. The van der Waals surface area contributed by atoms with Crippen LogP contribution in [0.25, 0.3) is 33.3 Å². The summed E-state index contributed by atoms with van der Waals surface area (Å²) < 4.78 is 13.2. The summed E-state index contributed by atoms with van der Waals surface area (Å²) in [6, 6.07) is 18.4. The van der Waals surface area contributed by atoms with Gasteiger partial charge in [-0.05, 0) is 59.0 Å². The average molecular weight is 318 g/mol. The molecule has 4 aromatic rings. The predicted octanol–water partition coefficient (Wildman–Crippen LogP) is 4.64. The molecule has 118 valence electrons. The lowest BCUT2D eigenvalue weighted by atomic mass is 9.91. The maximum Gasteiger partial charge on any atom is 0.323 e. The zero-order valence-electron chi connectivity index (χ0n) is 13.1. The number of rotatable bonds is 2. The third kappa shape index (κ3) is 2.42. The largest absolute Gasteiger partial charge is 0.323 e. The fourth-order valence-corrected chi connectivity index (χ4v) is 3.11. The smallest absolute Gasteiger partial charge is 0.306 e. The number of fused-ring (bicyclic) bond motifs is 1. The molecule has 0 aliphatic heterocycles. The predicted molar refractivity (Wildman–Crippen MR) is 94.5 cm³/mol. The van der Waals surface area contributed by atoms with Gasteiger partial charge in [0.15, 0.2) is 0 Å². The number of H-pyrrole nitrogens is 2. The fraction of sp³-hybridized carbons (Fsp3) is 0.0500. The van der Waals surface area contributed by atoms with Gasteiger partial charge in [-0.15, -0.1) is 0 Å². The second-order valence-electron chi connectivity index (χ2n) is 5.84. The Morgan fingerprint density at radius 2 is 1.54 bits per heavy atom. The molecule has 0 saturated heterocycles. The molecule has 0 amide bonds. The summed E-state index contributed by atoms with van der Waals surface area (Å²) in [5, 5.41) is 0. The number of hydrogen-bond donors (Lipinski definition) is 2. The first-order valence-corrected chi connectivity index (χ1v) is 7.70. The summed E-state index contributed by atoms with van der Waals surface area (Å²) in [5.41, 5.74) is 6.53. The van der Waals surface area contributed by atoms with Gasteiger partial charge in [0.25, 0.3) is 0 Å². The summed E-state index contributed by atoms with van der Waals surface area (Å²) in [6.07, 6.45) is 0. The van der Waals surface area contributed by atoms with Crippen molar-refractivity contribution < 1.29 is 4.39 Å². The number of aromatic amines is 2. The van der Waals surface area contributed by atoms with Gasteiger partial charge >= 0.3 is 5.69 Å². The van der Waals surface area contributed by atoms with E-state index in [1.807, 2.05) is 43.3 Å². The minimum atomic E-state index is -0.251. The number of aryl methyl sites for hydroxylation is 1. The van der Waals surface area contributed by atoms with Crippen LogP contribution in [0.3, 0.4) is 0 Å². The lowest BCUT2D eigenvalue weighted by Crippen LogP contribution is -1.99. The van der Waals surface area contributed by atoms with Crippen molar-refractivity contribution in [2.24, 2.45) is 0 Å². The molecular weight excluding hydrogens is 303 g/mol. The van der Waals surface area contributed by atoms with E-state index in [4.69, 9.17) is 0 Å². The molecule has 0 aliphatic carbocycles. The molecular formula is C20H15FN2O. The Kier molecular flexibility index (Phi) is 3.31. The van der Waals surface area contributed by atoms with Crippen LogP contribution in [0.1, 0.15) is 5.56 Å². The molecule has 0 fully saturated rings. The van der Waals surface area contributed by atoms with E-state index in [-0.39, 0.29) is 11.5 Å². The molecule has 0 atom stereocenters. The van der Waals surface area contributed by atoms with E-state index in [2.05, 4.69) is 9.97 Å². The normalized spacial score (nSPS) is 11.1. The molecule has 2 N–H and O–H groups in total. The topological polar surface area (TPSA) is 48.6 Å².